The van der Waals surface area contributed by atoms with Crippen LogP contribution in [0.5, 0.6) is 0 Å². The maximum absolute atomic E-state index is 3.40. The lowest BCUT2D eigenvalue weighted by Gasteiger charge is -2.04. The van der Waals surface area contributed by atoms with E-state index in [9.17, 15) is 0 Å². The molecule has 2 N–H and O–H groups in total. The molecule has 0 saturated carbocycles. The Morgan fingerprint density at radius 3 is 2.43 bits per heavy atom. The Labute approximate surface area is 89.5 Å². The number of hydrogen-bond acceptors (Lipinski definition) is 2. The quantitative estimate of drug-likeness (QED) is 0.510. The third-order valence-electron chi connectivity index (χ3n) is 2.00. The number of benzene rings is 1. The lowest BCUT2D eigenvalue weighted by molar-refractivity contribution is 0.620. The fourth-order valence-corrected chi connectivity index (χ4v) is 1.43. The lowest BCUT2D eigenvalue weighted by atomic mass is 10.2. The minimum atomic E-state index is 0.874. The average molecular weight is 205 g/mol. The average Bonchev–Trinajstić information content (AvgIpc) is 2.25. The monoisotopic (exact) mass is 205 g/mol. The summed E-state index contributed by atoms with van der Waals surface area (Å²) in [4.78, 5) is 0. The Hall–Kier alpha value is -0.643. The third kappa shape index (κ3) is 5.17. The molecule has 0 atom stereocenters. The maximum Gasteiger partial charge on any atom is 0.0428 e. The molecular formula is C11H17N2Si. The van der Waals surface area contributed by atoms with Crippen LogP contribution < -0.4 is 10.6 Å². The van der Waals surface area contributed by atoms with Gasteiger partial charge in [0.15, 0.2) is 0 Å². The smallest absolute Gasteiger partial charge is 0.0428 e. The second-order valence-electron chi connectivity index (χ2n) is 3.19. The summed E-state index contributed by atoms with van der Waals surface area (Å²) >= 11 is 0. The van der Waals surface area contributed by atoms with Gasteiger partial charge >= 0.3 is 0 Å². The first kappa shape index (κ1) is 11.4. The van der Waals surface area contributed by atoms with Gasteiger partial charge in [-0.25, -0.2) is 0 Å². The fraction of sp³-hybridized carbons (Fsp3) is 0.455. The fourth-order valence-electron chi connectivity index (χ4n) is 1.26. The molecule has 0 spiro atoms. The summed E-state index contributed by atoms with van der Waals surface area (Å²) in [5.74, 6) is 0. The van der Waals surface area contributed by atoms with E-state index in [2.05, 4.69) is 45.1 Å². The molecule has 1 rings (SSSR count). The van der Waals surface area contributed by atoms with Crippen LogP contribution in [0.3, 0.4) is 0 Å². The molecule has 2 nitrogen and oxygen atoms in total. The summed E-state index contributed by atoms with van der Waals surface area (Å²) in [5, 5.41) is 6.63. The van der Waals surface area contributed by atoms with Crippen LogP contribution in [0.25, 0.3) is 0 Å². The molecule has 1 aromatic rings. The number of hydrogen-bond donors (Lipinski definition) is 2. The van der Waals surface area contributed by atoms with Gasteiger partial charge in [-0.3, -0.25) is 0 Å². The zero-order valence-corrected chi connectivity index (χ0v) is 9.42. The molecule has 0 unspecified atom stereocenters. The van der Waals surface area contributed by atoms with Crippen molar-refractivity contribution in [1.82, 2.24) is 10.6 Å². The number of rotatable bonds is 7. The maximum atomic E-state index is 3.40. The summed E-state index contributed by atoms with van der Waals surface area (Å²) in [6.45, 7) is 3.09. The minimum absolute atomic E-state index is 0.874. The van der Waals surface area contributed by atoms with E-state index in [1.165, 1.54) is 5.56 Å². The van der Waals surface area contributed by atoms with Crippen LogP contribution >= 0.6 is 0 Å². The van der Waals surface area contributed by atoms with Crippen LogP contribution in [0.15, 0.2) is 30.3 Å². The summed E-state index contributed by atoms with van der Waals surface area (Å²) < 4.78 is 0. The van der Waals surface area contributed by atoms with Gasteiger partial charge in [-0.05, 0) is 31.2 Å². The first-order valence-corrected chi connectivity index (χ1v) is 5.74. The zero-order chi connectivity index (χ0) is 10.1. The molecule has 0 aliphatic rings. The van der Waals surface area contributed by atoms with Crippen molar-refractivity contribution in [3.05, 3.63) is 35.9 Å². The predicted molar refractivity (Wildman–Crippen MR) is 61.4 cm³/mol. The van der Waals surface area contributed by atoms with E-state index in [1.807, 2.05) is 6.07 Å². The van der Waals surface area contributed by atoms with Crippen LogP contribution in [0.1, 0.15) is 12.0 Å². The Kier molecular flexibility index (Phi) is 6.31. The van der Waals surface area contributed by atoms with E-state index in [0.717, 1.165) is 32.2 Å². The van der Waals surface area contributed by atoms with E-state index in [4.69, 9.17) is 0 Å². The van der Waals surface area contributed by atoms with E-state index in [1.54, 1.807) is 0 Å². The standard InChI is InChI=1S/C11H17N2Si/c14-10-13-8-4-7-12-9-11-5-2-1-3-6-11/h1-3,5-6,12-13H,4,7-10H2. The molecule has 0 aliphatic carbocycles. The third-order valence-corrected chi connectivity index (χ3v) is 2.25. The van der Waals surface area contributed by atoms with Crippen LogP contribution in [0, 0.1) is 0 Å². The summed E-state index contributed by atoms with van der Waals surface area (Å²) in [6.07, 6.45) is 2.04. The van der Waals surface area contributed by atoms with E-state index < -0.39 is 0 Å². The Morgan fingerprint density at radius 2 is 1.71 bits per heavy atom. The van der Waals surface area contributed by atoms with Crippen LogP contribution in [0.2, 0.25) is 0 Å². The zero-order valence-electron chi connectivity index (χ0n) is 8.42. The van der Waals surface area contributed by atoms with Gasteiger partial charge < -0.3 is 10.6 Å². The van der Waals surface area contributed by atoms with Gasteiger partial charge in [0.25, 0.3) is 0 Å². The van der Waals surface area contributed by atoms with Crippen molar-refractivity contribution >= 4 is 10.2 Å². The highest BCUT2D eigenvalue weighted by atomic mass is 28.1. The molecule has 1 aromatic carbocycles. The normalized spacial score (nSPS) is 10.4. The van der Waals surface area contributed by atoms with E-state index in [0.29, 0.717) is 0 Å². The van der Waals surface area contributed by atoms with E-state index in [-0.39, 0.29) is 0 Å². The highest BCUT2D eigenvalue weighted by Gasteiger charge is 1.90. The Balaban J connectivity index is 1.99. The SMILES string of the molecule is [Si]CNCCCNCc1ccccc1. The van der Waals surface area contributed by atoms with Crippen molar-refractivity contribution in [3.8, 4) is 0 Å². The summed E-state index contributed by atoms with van der Waals surface area (Å²) in [5.41, 5.74) is 1.35. The minimum Gasteiger partial charge on any atom is -0.320 e. The van der Waals surface area contributed by atoms with Crippen molar-refractivity contribution in [3.63, 3.8) is 0 Å². The molecule has 0 heterocycles. The van der Waals surface area contributed by atoms with Crippen molar-refractivity contribution in [2.45, 2.75) is 13.0 Å². The molecule has 0 saturated heterocycles. The van der Waals surface area contributed by atoms with Gasteiger partial charge in [-0.1, -0.05) is 30.3 Å². The Bertz CT molecular complexity index is 226. The molecular weight excluding hydrogens is 188 g/mol. The van der Waals surface area contributed by atoms with Gasteiger partial charge in [0, 0.05) is 16.8 Å². The highest BCUT2D eigenvalue weighted by molar-refractivity contribution is 6.08. The van der Waals surface area contributed by atoms with Gasteiger partial charge in [0.2, 0.25) is 0 Å². The van der Waals surface area contributed by atoms with Crippen molar-refractivity contribution in [2.24, 2.45) is 0 Å². The largest absolute Gasteiger partial charge is 0.320 e. The van der Waals surface area contributed by atoms with Crippen LogP contribution in [-0.4, -0.2) is 29.5 Å². The van der Waals surface area contributed by atoms with Gasteiger partial charge in [-0.2, -0.15) is 0 Å². The first-order chi connectivity index (χ1) is 6.93. The molecule has 0 amide bonds. The topological polar surface area (TPSA) is 24.1 Å². The molecule has 14 heavy (non-hydrogen) atoms. The van der Waals surface area contributed by atoms with Crippen molar-refractivity contribution in [1.29, 1.82) is 0 Å². The van der Waals surface area contributed by atoms with Crippen molar-refractivity contribution < 1.29 is 0 Å². The molecule has 0 fully saturated rings. The van der Waals surface area contributed by atoms with Crippen LogP contribution in [-0.2, 0) is 6.54 Å². The molecule has 75 valence electrons. The first-order valence-electron chi connectivity index (χ1n) is 5.03. The van der Waals surface area contributed by atoms with Gasteiger partial charge in [-0.15, -0.1) is 0 Å². The van der Waals surface area contributed by atoms with Crippen molar-refractivity contribution in [2.75, 3.05) is 19.3 Å². The molecule has 0 aromatic heterocycles. The van der Waals surface area contributed by atoms with Crippen LogP contribution in [0.4, 0.5) is 0 Å². The van der Waals surface area contributed by atoms with Gasteiger partial charge in [0.05, 0.1) is 0 Å². The number of nitrogens with one attached hydrogen (secondary N) is 2. The highest BCUT2D eigenvalue weighted by Crippen LogP contribution is 1.96. The summed E-state index contributed by atoms with van der Waals surface area (Å²) in [7, 11) is 3.37. The van der Waals surface area contributed by atoms with Gasteiger partial charge in [0.1, 0.15) is 0 Å². The summed E-state index contributed by atoms with van der Waals surface area (Å²) in [6, 6.07) is 10.5. The molecule has 0 aliphatic heterocycles. The predicted octanol–water partition coefficient (Wildman–Crippen LogP) is 0.882. The molecule has 3 heteroatoms. The molecule has 0 bridgehead atoms. The Morgan fingerprint density at radius 1 is 1.00 bits per heavy atom. The molecule has 3 radical (unpaired) electrons. The van der Waals surface area contributed by atoms with E-state index >= 15 is 0 Å². The second-order valence-corrected chi connectivity index (χ2v) is 3.55. The second kappa shape index (κ2) is 7.73. The lowest BCUT2D eigenvalue weighted by Crippen LogP contribution is -2.22.